The molecular weight excluding hydrogens is 216 g/mol. The molecule has 0 fully saturated rings. The van der Waals surface area contributed by atoms with Gasteiger partial charge < -0.3 is 15.5 Å². The first-order valence-electron chi connectivity index (χ1n) is 4.64. The SMILES string of the molecule is CCc1nc(C(=O)N[C@H](CO)C(=O)O)n[nH]1. The standard InChI is InChI=1S/C8H12N4O4/c1-2-5-10-6(12-11-5)7(14)9-4(3-13)8(15)16/h4,13H,2-3H2,1H3,(H,9,14)(H,15,16)(H,10,11,12)/t4-/m1/s1. The molecule has 0 saturated heterocycles. The van der Waals surface area contributed by atoms with Gasteiger partial charge in [-0.15, -0.1) is 5.10 Å². The van der Waals surface area contributed by atoms with Crippen molar-refractivity contribution in [2.45, 2.75) is 19.4 Å². The minimum atomic E-state index is -1.35. The van der Waals surface area contributed by atoms with Crippen LogP contribution in [-0.2, 0) is 11.2 Å². The van der Waals surface area contributed by atoms with Gasteiger partial charge in [-0.2, -0.15) is 0 Å². The minimum absolute atomic E-state index is 0.142. The molecule has 4 N–H and O–H groups in total. The molecular formula is C8H12N4O4. The summed E-state index contributed by atoms with van der Waals surface area (Å²) in [7, 11) is 0. The number of aromatic amines is 1. The molecule has 0 aromatic carbocycles. The lowest BCUT2D eigenvalue weighted by Gasteiger charge is -2.09. The number of hydrogen-bond acceptors (Lipinski definition) is 5. The number of carbonyl (C=O) groups excluding carboxylic acids is 1. The minimum Gasteiger partial charge on any atom is -0.480 e. The molecule has 0 aliphatic heterocycles. The van der Waals surface area contributed by atoms with E-state index in [-0.39, 0.29) is 5.82 Å². The van der Waals surface area contributed by atoms with Gasteiger partial charge in [0, 0.05) is 6.42 Å². The zero-order chi connectivity index (χ0) is 12.1. The number of aliphatic carboxylic acids is 1. The highest BCUT2D eigenvalue weighted by Crippen LogP contribution is 1.94. The number of hydrogen-bond donors (Lipinski definition) is 4. The Labute approximate surface area is 90.7 Å². The Morgan fingerprint density at radius 2 is 2.25 bits per heavy atom. The third-order valence-electron chi connectivity index (χ3n) is 1.86. The number of carbonyl (C=O) groups is 2. The molecule has 0 unspecified atom stereocenters. The van der Waals surface area contributed by atoms with E-state index in [0.717, 1.165) is 0 Å². The summed E-state index contributed by atoms with van der Waals surface area (Å²) in [5, 5.41) is 25.5. The lowest BCUT2D eigenvalue weighted by Crippen LogP contribution is -2.43. The summed E-state index contributed by atoms with van der Waals surface area (Å²) in [6, 6.07) is -1.35. The highest BCUT2D eigenvalue weighted by atomic mass is 16.4. The number of aliphatic hydroxyl groups is 1. The number of carboxylic acids is 1. The number of aromatic nitrogens is 3. The van der Waals surface area contributed by atoms with Gasteiger partial charge in [0.05, 0.1) is 6.61 Å². The molecule has 1 heterocycles. The lowest BCUT2D eigenvalue weighted by atomic mass is 10.3. The van der Waals surface area contributed by atoms with Crippen LogP contribution in [0.5, 0.6) is 0 Å². The molecule has 0 spiro atoms. The number of aryl methyl sites for hydroxylation is 1. The molecule has 1 rings (SSSR count). The monoisotopic (exact) mass is 228 g/mol. The molecule has 0 saturated carbocycles. The van der Waals surface area contributed by atoms with E-state index in [1.54, 1.807) is 0 Å². The molecule has 8 nitrogen and oxygen atoms in total. The molecule has 0 aliphatic carbocycles. The van der Waals surface area contributed by atoms with Gasteiger partial charge in [-0.05, 0) is 0 Å². The fourth-order valence-electron chi connectivity index (χ4n) is 0.963. The Morgan fingerprint density at radius 1 is 1.56 bits per heavy atom. The number of rotatable bonds is 5. The van der Waals surface area contributed by atoms with Crippen LogP contribution in [0, 0.1) is 0 Å². The van der Waals surface area contributed by atoms with Crippen LogP contribution < -0.4 is 5.32 Å². The topological polar surface area (TPSA) is 128 Å². The normalized spacial score (nSPS) is 12.1. The lowest BCUT2D eigenvalue weighted by molar-refractivity contribution is -0.140. The van der Waals surface area contributed by atoms with Gasteiger partial charge in [-0.1, -0.05) is 6.92 Å². The first-order chi connectivity index (χ1) is 7.58. The summed E-state index contributed by atoms with van der Waals surface area (Å²) in [5.41, 5.74) is 0. The van der Waals surface area contributed by atoms with Crippen LogP contribution in [0.25, 0.3) is 0 Å². The van der Waals surface area contributed by atoms with Gasteiger partial charge in [0.1, 0.15) is 5.82 Å². The van der Waals surface area contributed by atoms with Gasteiger partial charge in [0.2, 0.25) is 5.82 Å². The summed E-state index contributed by atoms with van der Waals surface area (Å²) in [5.74, 6) is -1.67. The molecule has 0 radical (unpaired) electrons. The number of nitrogens with one attached hydrogen (secondary N) is 2. The molecule has 0 bridgehead atoms. The van der Waals surface area contributed by atoms with E-state index in [2.05, 4.69) is 20.5 Å². The Balaban J connectivity index is 2.67. The van der Waals surface area contributed by atoms with Crippen molar-refractivity contribution in [1.29, 1.82) is 0 Å². The highest BCUT2D eigenvalue weighted by Gasteiger charge is 2.21. The van der Waals surface area contributed by atoms with Crippen LogP contribution in [0.4, 0.5) is 0 Å². The second-order valence-corrected chi connectivity index (χ2v) is 3.01. The molecule has 1 amide bonds. The average Bonchev–Trinajstić information content (AvgIpc) is 2.73. The molecule has 1 aromatic heterocycles. The Bertz CT molecular complexity index is 389. The fraction of sp³-hybridized carbons (Fsp3) is 0.500. The van der Waals surface area contributed by atoms with Gasteiger partial charge >= 0.3 is 5.97 Å². The molecule has 1 atom stereocenters. The van der Waals surface area contributed by atoms with Crippen molar-refractivity contribution in [3.63, 3.8) is 0 Å². The van der Waals surface area contributed by atoms with Crippen molar-refractivity contribution in [2.24, 2.45) is 0 Å². The Kier molecular flexibility index (Phi) is 3.95. The maximum atomic E-state index is 11.4. The van der Waals surface area contributed by atoms with Gasteiger partial charge in [0.25, 0.3) is 5.91 Å². The fourth-order valence-corrected chi connectivity index (χ4v) is 0.963. The van der Waals surface area contributed by atoms with Crippen LogP contribution in [0.2, 0.25) is 0 Å². The van der Waals surface area contributed by atoms with Crippen molar-refractivity contribution in [2.75, 3.05) is 6.61 Å². The number of amides is 1. The quantitative estimate of drug-likeness (QED) is 0.487. The number of nitrogens with zero attached hydrogens (tertiary/aromatic N) is 2. The van der Waals surface area contributed by atoms with Gasteiger partial charge in [-0.3, -0.25) is 9.89 Å². The summed E-state index contributed by atoms with van der Waals surface area (Å²) >= 11 is 0. The summed E-state index contributed by atoms with van der Waals surface area (Å²) in [6.45, 7) is 1.14. The second-order valence-electron chi connectivity index (χ2n) is 3.01. The first-order valence-corrected chi connectivity index (χ1v) is 4.64. The first kappa shape index (κ1) is 12.1. The smallest absolute Gasteiger partial charge is 0.328 e. The van der Waals surface area contributed by atoms with Gasteiger partial charge in [0.15, 0.2) is 6.04 Å². The Morgan fingerprint density at radius 3 is 2.69 bits per heavy atom. The number of H-pyrrole nitrogens is 1. The molecule has 8 heteroatoms. The highest BCUT2D eigenvalue weighted by molar-refractivity contribution is 5.93. The van der Waals surface area contributed by atoms with E-state index in [9.17, 15) is 9.59 Å². The van der Waals surface area contributed by atoms with Crippen molar-refractivity contribution in [1.82, 2.24) is 20.5 Å². The Hall–Kier alpha value is -1.96. The van der Waals surface area contributed by atoms with E-state index in [4.69, 9.17) is 10.2 Å². The third kappa shape index (κ3) is 2.76. The van der Waals surface area contributed by atoms with Crippen molar-refractivity contribution >= 4 is 11.9 Å². The van der Waals surface area contributed by atoms with Crippen LogP contribution in [0.1, 0.15) is 23.4 Å². The van der Waals surface area contributed by atoms with Crippen molar-refractivity contribution in [3.8, 4) is 0 Å². The van der Waals surface area contributed by atoms with Gasteiger partial charge in [-0.25, -0.2) is 9.78 Å². The summed E-state index contributed by atoms with van der Waals surface area (Å²) in [4.78, 5) is 25.8. The molecule has 0 aliphatic rings. The zero-order valence-corrected chi connectivity index (χ0v) is 8.60. The number of carboxylic acid groups (broad SMARTS) is 1. The molecule has 16 heavy (non-hydrogen) atoms. The van der Waals surface area contributed by atoms with E-state index < -0.39 is 24.5 Å². The van der Waals surface area contributed by atoms with E-state index in [1.807, 2.05) is 6.92 Å². The largest absolute Gasteiger partial charge is 0.480 e. The number of aliphatic hydroxyl groups excluding tert-OH is 1. The van der Waals surface area contributed by atoms with Crippen LogP contribution in [0.15, 0.2) is 0 Å². The molecule has 1 aromatic rings. The summed E-state index contributed by atoms with van der Waals surface area (Å²) in [6.07, 6.45) is 0.586. The van der Waals surface area contributed by atoms with Crippen LogP contribution in [-0.4, -0.2) is 49.9 Å². The van der Waals surface area contributed by atoms with E-state index in [0.29, 0.717) is 12.2 Å². The average molecular weight is 228 g/mol. The predicted molar refractivity (Wildman–Crippen MR) is 51.7 cm³/mol. The van der Waals surface area contributed by atoms with Crippen molar-refractivity contribution in [3.05, 3.63) is 11.6 Å². The predicted octanol–water partition coefficient (Wildman–Crippen LogP) is -1.46. The molecule has 88 valence electrons. The van der Waals surface area contributed by atoms with E-state index >= 15 is 0 Å². The van der Waals surface area contributed by atoms with E-state index in [1.165, 1.54) is 0 Å². The van der Waals surface area contributed by atoms with Crippen LogP contribution >= 0.6 is 0 Å². The second kappa shape index (κ2) is 5.21. The zero-order valence-electron chi connectivity index (χ0n) is 8.60. The maximum Gasteiger partial charge on any atom is 0.328 e. The maximum absolute atomic E-state index is 11.4. The van der Waals surface area contributed by atoms with Crippen LogP contribution in [0.3, 0.4) is 0 Å². The third-order valence-corrected chi connectivity index (χ3v) is 1.86. The summed E-state index contributed by atoms with van der Waals surface area (Å²) < 4.78 is 0. The van der Waals surface area contributed by atoms with Crippen molar-refractivity contribution < 1.29 is 19.8 Å².